The molecular formula is C30H31ClN4O4. The number of carbonyl (C=O) groups is 2. The Kier molecular flexibility index (Phi) is 6.71. The van der Waals surface area contributed by atoms with E-state index in [0.717, 1.165) is 16.8 Å². The van der Waals surface area contributed by atoms with Crippen LogP contribution in [-0.2, 0) is 5.41 Å². The van der Waals surface area contributed by atoms with Gasteiger partial charge in [0.15, 0.2) is 11.3 Å². The summed E-state index contributed by atoms with van der Waals surface area (Å²) in [4.78, 5) is 40.2. The molecule has 8 nitrogen and oxygen atoms in total. The van der Waals surface area contributed by atoms with Gasteiger partial charge in [-0.2, -0.15) is 0 Å². The first kappa shape index (κ1) is 26.8. The van der Waals surface area contributed by atoms with Crippen LogP contribution in [0.1, 0.15) is 85.7 Å². The lowest BCUT2D eigenvalue weighted by atomic mass is 9.82. The summed E-state index contributed by atoms with van der Waals surface area (Å²) in [5.41, 5.74) is 3.26. The van der Waals surface area contributed by atoms with Gasteiger partial charge in [0.25, 0.3) is 5.91 Å². The molecule has 1 fully saturated rings. The van der Waals surface area contributed by atoms with E-state index in [-0.39, 0.29) is 28.6 Å². The van der Waals surface area contributed by atoms with Crippen molar-refractivity contribution in [3.8, 4) is 11.3 Å². The number of pyridine rings is 1. The van der Waals surface area contributed by atoms with Gasteiger partial charge in [-0.3, -0.25) is 4.79 Å². The molecule has 0 saturated carbocycles. The maximum absolute atomic E-state index is 13.8. The van der Waals surface area contributed by atoms with Crippen LogP contribution in [0, 0.1) is 0 Å². The van der Waals surface area contributed by atoms with Crippen LogP contribution in [0.25, 0.3) is 22.4 Å². The van der Waals surface area contributed by atoms with Crippen molar-refractivity contribution in [2.45, 2.75) is 64.3 Å². The second kappa shape index (κ2) is 9.75. The molecule has 1 saturated heterocycles. The quantitative estimate of drug-likeness (QED) is 0.302. The number of nitrogens with zero attached hydrogens (tertiary/aromatic N) is 4. The van der Waals surface area contributed by atoms with Crippen LogP contribution in [0.2, 0.25) is 5.02 Å². The maximum atomic E-state index is 13.8. The lowest BCUT2D eigenvalue weighted by molar-refractivity contribution is 0.0359. The van der Waals surface area contributed by atoms with Crippen LogP contribution in [-0.4, -0.2) is 48.9 Å². The number of halogens is 1. The van der Waals surface area contributed by atoms with Crippen molar-refractivity contribution in [3.05, 3.63) is 76.5 Å². The minimum absolute atomic E-state index is 0.0127. The monoisotopic (exact) mass is 546 g/mol. The molecule has 9 heteroatoms. The maximum Gasteiger partial charge on any atom is 0.338 e. The van der Waals surface area contributed by atoms with E-state index >= 15 is 0 Å². The smallest absolute Gasteiger partial charge is 0.338 e. The number of benzene rings is 1. The Morgan fingerprint density at radius 3 is 2.36 bits per heavy atom. The number of carboxylic acids is 1. The first-order valence-electron chi connectivity index (χ1n) is 12.9. The highest BCUT2D eigenvalue weighted by Crippen LogP contribution is 2.39. The molecular weight excluding hydrogens is 516 g/mol. The van der Waals surface area contributed by atoms with E-state index in [9.17, 15) is 9.59 Å². The fourth-order valence-corrected chi connectivity index (χ4v) is 5.37. The third-order valence-electron chi connectivity index (χ3n) is 7.34. The Bertz CT molecular complexity index is 1550. The summed E-state index contributed by atoms with van der Waals surface area (Å²) in [6, 6.07) is 11.3. The summed E-state index contributed by atoms with van der Waals surface area (Å²) in [5, 5.41) is 9.78. The molecule has 0 spiro atoms. The van der Waals surface area contributed by atoms with Crippen molar-refractivity contribution < 1.29 is 19.1 Å². The van der Waals surface area contributed by atoms with Crippen LogP contribution in [0.5, 0.6) is 0 Å². The molecule has 1 amide bonds. The van der Waals surface area contributed by atoms with Crippen molar-refractivity contribution in [2.75, 3.05) is 6.54 Å². The average Bonchev–Trinajstić information content (AvgIpc) is 3.31. The molecule has 1 aromatic carbocycles. The SMILES string of the molecule is CC(C)(C)c1cc(-c2ccc(Cl)cc2)nc2cc(C(=O)N3CCC(c4ncc(C(=O)O)cn4)CC3(C)C)oc12. The van der Waals surface area contributed by atoms with Crippen LogP contribution in [0.3, 0.4) is 0 Å². The highest BCUT2D eigenvalue weighted by molar-refractivity contribution is 6.30. The summed E-state index contributed by atoms with van der Waals surface area (Å²) in [7, 11) is 0. The molecule has 0 radical (unpaired) electrons. The molecule has 0 aliphatic carbocycles. The fraction of sp³-hybridized carbons (Fsp3) is 0.367. The molecule has 1 unspecified atom stereocenters. The minimum atomic E-state index is -1.06. The van der Waals surface area contributed by atoms with Gasteiger partial charge in [-0.25, -0.2) is 19.7 Å². The number of rotatable bonds is 4. The van der Waals surface area contributed by atoms with Crippen molar-refractivity contribution in [2.24, 2.45) is 0 Å². The number of carboxylic acid groups (broad SMARTS) is 1. The Balaban J connectivity index is 1.45. The topological polar surface area (TPSA) is 109 Å². The van der Waals surface area contributed by atoms with E-state index in [1.165, 1.54) is 12.4 Å². The Morgan fingerprint density at radius 1 is 1.10 bits per heavy atom. The largest absolute Gasteiger partial charge is 0.478 e. The van der Waals surface area contributed by atoms with Crippen molar-refractivity contribution >= 4 is 34.6 Å². The number of carbonyl (C=O) groups excluding carboxylic acids is 1. The first-order chi connectivity index (χ1) is 18.3. The number of fused-ring (bicyclic) bond motifs is 1. The van der Waals surface area contributed by atoms with E-state index in [0.29, 0.717) is 41.3 Å². The fourth-order valence-electron chi connectivity index (χ4n) is 5.24. The number of likely N-dealkylation sites (tertiary alicyclic amines) is 1. The third-order valence-corrected chi connectivity index (χ3v) is 7.60. The second-order valence-electron chi connectivity index (χ2n) is 11.7. The van der Waals surface area contributed by atoms with Gasteiger partial charge in [0.1, 0.15) is 11.3 Å². The van der Waals surface area contributed by atoms with Gasteiger partial charge >= 0.3 is 5.97 Å². The minimum Gasteiger partial charge on any atom is -0.478 e. The predicted octanol–water partition coefficient (Wildman–Crippen LogP) is 6.73. The average molecular weight is 547 g/mol. The molecule has 5 rings (SSSR count). The number of piperidine rings is 1. The molecule has 202 valence electrons. The predicted molar refractivity (Wildman–Crippen MR) is 149 cm³/mol. The van der Waals surface area contributed by atoms with E-state index in [4.69, 9.17) is 26.1 Å². The van der Waals surface area contributed by atoms with Gasteiger partial charge in [0.2, 0.25) is 0 Å². The summed E-state index contributed by atoms with van der Waals surface area (Å²) in [5.74, 6) is -0.384. The number of hydrogen-bond donors (Lipinski definition) is 1. The summed E-state index contributed by atoms with van der Waals surface area (Å²) >= 11 is 6.09. The zero-order valence-corrected chi connectivity index (χ0v) is 23.4. The molecule has 1 aliphatic rings. The molecule has 4 aromatic rings. The lowest BCUT2D eigenvalue weighted by Crippen LogP contribution is -2.52. The summed E-state index contributed by atoms with van der Waals surface area (Å²) in [6.45, 7) is 10.8. The summed E-state index contributed by atoms with van der Waals surface area (Å²) < 4.78 is 6.24. The Labute approximate surface area is 232 Å². The van der Waals surface area contributed by atoms with Crippen molar-refractivity contribution in [1.29, 1.82) is 0 Å². The highest BCUT2D eigenvalue weighted by Gasteiger charge is 2.40. The number of aromatic carboxylic acids is 1. The molecule has 1 atom stereocenters. The van der Waals surface area contributed by atoms with Gasteiger partial charge < -0.3 is 14.4 Å². The van der Waals surface area contributed by atoms with Gasteiger partial charge in [-0.15, -0.1) is 0 Å². The molecule has 1 N–H and O–H groups in total. The van der Waals surface area contributed by atoms with Gasteiger partial charge in [0, 0.05) is 52.6 Å². The highest BCUT2D eigenvalue weighted by atomic mass is 35.5. The number of furan rings is 1. The van der Waals surface area contributed by atoms with E-state index < -0.39 is 11.5 Å². The normalized spacial score (nSPS) is 17.4. The van der Waals surface area contributed by atoms with Crippen LogP contribution in [0.4, 0.5) is 0 Å². The number of hydrogen-bond acceptors (Lipinski definition) is 6. The molecule has 0 bridgehead atoms. The molecule has 39 heavy (non-hydrogen) atoms. The Morgan fingerprint density at radius 2 is 1.77 bits per heavy atom. The van der Waals surface area contributed by atoms with Crippen molar-refractivity contribution in [1.82, 2.24) is 19.9 Å². The molecule has 4 heterocycles. The van der Waals surface area contributed by atoms with Gasteiger partial charge in [-0.05, 0) is 50.3 Å². The lowest BCUT2D eigenvalue weighted by Gasteiger charge is -2.44. The zero-order chi connectivity index (χ0) is 28.1. The van der Waals surface area contributed by atoms with Crippen LogP contribution < -0.4 is 0 Å². The third kappa shape index (κ3) is 5.26. The molecule has 3 aromatic heterocycles. The second-order valence-corrected chi connectivity index (χ2v) is 12.2. The number of amides is 1. The van der Waals surface area contributed by atoms with Crippen LogP contribution >= 0.6 is 11.6 Å². The van der Waals surface area contributed by atoms with E-state index in [1.54, 1.807) is 6.07 Å². The van der Waals surface area contributed by atoms with Crippen LogP contribution in [0.15, 0.2) is 53.2 Å². The van der Waals surface area contributed by atoms with Crippen molar-refractivity contribution in [3.63, 3.8) is 0 Å². The van der Waals surface area contributed by atoms with Gasteiger partial charge in [0.05, 0.1) is 11.3 Å². The van der Waals surface area contributed by atoms with E-state index in [1.807, 2.05) is 49.1 Å². The summed E-state index contributed by atoms with van der Waals surface area (Å²) in [6.07, 6.45) is 3.97. The first-order valence-corrected chi connectivity index (χ1v) is 13.3. The number of aromatic nitrogens is 3. The molecule has 1 aliphatic heterocycles. The zero-order valence-electron chi connectivity index (χ0n) is 22.7. The van der Waals surface area contributed by atoms with Gasteiger partial charge in [-0.1, -0.05) is 44.5 Å². The van der Waals surface area contributed by atoms with E-state index in [2.05, 4.69) is 30.7 Å². The standard InChI is InChI=1S/C30H31ClN4O4/c1-29(2,3)21-12-22(17-6-8-20(31)9-7-17)34-23-13-24(39-25(21)23)27(36)35-11-10-18(14-30(35,4)5)26-32-15-19(16-33-26)28(37)38/h6-9,12-13,15-16,18H,10-11,14H2,1-5H3,(H,37,38). The Hall–Kier alpha value is -3.78.